The van der Waals surface area contributed by atoms with Crippen LogP contribution in [0.3, 0.4) is 0 Å². The first-order chi connectivity index (χ1) is 13.5. The summed E-state index contributed by atoms with van der Waals surface area (Å²) in [4.78, 5) is 4.19. The summed E-state index contributed by atoms with van der Waals surface area (Å²) in [5.41, 5.74) is 0.805. The van der Waals surface area contributed by atoms with Crippen LogP contribution in [-0.2, 0) is 10.0 Å². The maximum Gasteiger partial charge on any atom is 0.274 e. The molecule has 0 unspecified atom stereocenters. The van der Waals surface area contributed by atoms with Gasteiger partial charge < -0.3 is 9.47 Å². The van der Waals surface area contributed by atoms with Crippen LogP contribution in [0.1, 0.15) is 12.8 Å². The van der Waals surface area contributed by atoms with Gasteiger partial charge in [0.2, 0.25) is 10.0 Å². The first-order valence-corrected chi connectivity index (χ1v) is 11.1. The maximum atomic E-state index is 13.9. The molecule has 3 aromatic rings. The molecule has 0 amide bonds. The summed E-state index contributed by atoms with van der Waals surface area (Å²) < 4.78 is 52.8. The number of ether oxygens (including phenoxy) is 2. The van der Waals surface area contributed by atoms with E-state index >= 15 is 0 Å². The molecule has 1 aliphatic heterocycles. The van der Waals surface area contributed by atoms with E-state index in [1.165, 1.54) is 33.8 Å². The fraction of sp³-hybridized carbons (Fsp3) is 0.316. The van der Waals surface area contributed by atoms with E-state index in [0.29, 0.717) is 18.0 Å². The minimum Gasteiger partial charge on any atom is -0.497 e. The number of halogens is 1. The summed E-state index contributed by atoms with van der Waals surface area (Å²) in [6.45, 7) is 0.556. The molecule has 0 saturated carbocycles. The molecule has 2 heterocycles. The quantitative estimate of drug-likeness (QED) is 0.628. The number of hydrogen-bond donors (Lipinski definition) is 0. The normalized spacial score (nSPS) is 16.4. The van der Waals surface area contributed by atoms with Crippen molar-refractivity contribution in [3.05, 3.63) is 48.3 Å². The third-order valence-electron chi connectivity index (χ3n) is 4.70. The summed E-state index contributed by atoms with van der Waals surface area (Å²) in [5.74, 6) is 0.00165. The van der Waals surface area contributed by atoms with Crippen molar-refractivity contribution in [1.29, 1.82) is 0 Å². The van der Waals surface area contributed by atoms with E-state index in [2.05, 4.69) is 4.98 Å². The van der Waals surface area contributed by atoms with Crippen LogP contribution in [0.5, 0.6) is 10.9 Å². The average molecular weight is 423 g/mol. The van der Waals surface area contributed by atoms with Gasteiger partial charge in [-0.2, -0.15) is 4.31 Å². The molecule has 1 fully saturated rings. The molecule has 0 N–H and O–H groups in total. The van der Waals surface area contributed by atoms with E-state index in [-0.39, 0.29) is 24.1 Å². The van der Waals surface area contributed by atoms with Crippen LogP contribution in [0.4, 0.5) is 4.39 Å². The van der Waals surface area contributed by atoms with Gasteiger partial charge in [-0.15, -0.1) is 0 Å². The van der Waals surface area contributed by atoms with Gasteiger partial charge in [-0.05, 0) is 37.1 Å². The molecule has 0 bridgehead atoms. The fourth-order valence-corrected chi connectivity index (χ4v) is 5.59. The maximum absolute atomic E-state index is 13.9. The zero-order chi connectivity index (χ0) is 19.7. The van der Waals surface area contributed by atoms with Crippen molar-refractivity contribution in [1.82, 2.24) is 9.29 Å². The highest BCUT2D eigenvalue weighted by molar-refractivity contribution is 7.89. The summed E-state index contributed by atoms with van der Waals surface area (Å²) >= 11 is 1.44. The Morgan fingerprint density at radius 1 is 1.18 bits per heavy atom. The van der Waals surface area contributed by atoms with Crippen LogP contribution >= 0.6 is 11.3 Å². The number of hydrogen-bond acceptors (Lipinski definition) is 6. The monoisotopic (exact) mass is 422 g/mol. The number of nitrogens with zero attached hydrogens (tertiary/aromatic N) is 2. The zero-order valence-electron chi connectivity index (χ0n) is 15.2. The van der Waals surface area contributed by atoms with Crippen molar-refractivity contribution in [2.45, 2.75) is 23.8 Å². The molecule has 9 heteroatoms. The molecular formula is C19H19FN2O4S2. The summed E-state index contributed by atoms with van der Waals surface area (Å²) in [6, 6.07) is 11.1. The number of rotatable bonds is 5. The number of methoxy groups -OCH3 is 1. The van der Waals surface area contributed by atoms with Gasteiger partial charge in [0, 0.05) is 19.2 Å². The van der Waals surface area contributed by atoms with Gasteiger partial charge >= 0.3 is 0 Å². The molecule has 148 valence electrons. The Morgan fingerprint density at radius 2 is 1.93 bits per heavy atom. The Bertz CT molecular complexity index is 1090. The third kappa shape index (κ3) is 3.69. The molecule has 0 atom stereocenters. The van der Waals surface area contributed by atoms with E-state index in [9.17, 15) is 12.8 Å². The van der Waals surface area contributed by atoms with Gasteiger partial charge in [0.05, 0.1) is 17.3 Å². The Balaban J connectivity index is 1.42. The second kappa shape index (κ2) is 7.65. The molecule has 2 aromatic carbocycles. The average Bonchev–Trinajstić information content (AvgIpc) is 3.09. The third-order valence-corrected chi connectivity index (χ3v) is 7.56. The standard InChI is InChI=1S/C19H19FN2O4S2/c1-25-14-6-7-17-16(12-14)21-19(27-17)26-13-8-10-22(11-9-13)28(23,24)18-5-3-2-4-15(18)20/h2-7,12-13H,8-11H2,1H3. The highest BCUT2D eigenvalue weighted by Gasteiger charge is 2.32. The van der Waals surface area contributed by atoms with Crippen molar-refractivity contribution in [2.24, 2.45) is 0 Å². The van der Waals surface area contributed by atoms with Crippen molar-refractivity contribution in [3.8, 4) is 10.9 Å². The minimum atomic E-state index is -3.84. The van der Waals surface area contributed by atoms with Gasteiger partial charge in [-0.25, -0.2) is 17.8 Å². The molecule has 1 aliphatic rings. The fourth-order valence-electron chi connectivity index (χ4n) is 3.19. The Hall–Kier alpha value is -2.23. The van der Waals surface area contributed by atoms with Gasteiger partial charge in [0.25, 0.3) is 5.19 Å². The lowest BCUT2D eigenvalue weighted by molar-refractivity contribution is 0.135. The van der Waals surface area contributed by atoms with Gasteiger partial charge in [0.15, 0.2) is 0 Å². The molecule has 0 aliphatic carbocycles. The summed E-state index contributed by atoms with van der Waals surface area (Å²) in [5, 5.41) is 0.554. The SMILES string of the molecule is COc1ccc2sc(OC3CCN(S(=O)(=O)c4ccccc4F)CC3)nc2c1. The molecule has 6 nitrogen and oxygen atoms in total. The Morgan fingerprint density at radius 3 is 2.64 bits per heavy atom. The van der Waals surface area contributed by atoms with Crippen LogP contribution in [0.15, 0.2) is 47.4 Å². The topological polar surface area (TPSA) is 68.7 Å². The number of sulfonamides is 1. The molecule has 0 radical (unpaired) electrons. The number of thiazole rings is 1. The van der Waals surface area contributed by atoms with Gasteiger partial charge in [-0.1, -0.05) is 23.5 Å². The van der Waals surface area contributed by atoms with Crippen LogP contribution < -0.4 is 9.47 Å². The largest absolute Gasteiger partial charge is 0.497 e. The lowest BCUT2D eigenvalue weighted by Gasteiger charge is -2.30. The zero-order valence-corrected chi connectivity index (χ0v) is 16.8. The second-order valence-corrected chi connectivity index (χ2v) is 9.36. The smallest absolute Gasteiger partial charge is 0.274 e. The van der Waals surface area contributed by atoms with E-state index in [1.807, 2.05) is 18.2 Å². The highest BCUT2D eigenvalue weighted by Crippen LogP contribution is 2.32. The van der Waals surface area contributed by atoms with Crippen molar-refractivity contribution in [2.75, 3.05) is 20.2 Å². The molecule has 28 heavy (non-hydrogen) atoms. The molecule has 0 spiro atoms. The molecular weight excluding hydrogens is 403 g/mol. The first kappa shape index (κ1) is 19.1. The van der Waals surface area contributed by atoms with Crippen LogP contribution in [-0.4, -0.2) is 44.0 Å². The molecule has 1 saturated heterocycles. The number of benzene rings is 2. The van der Waals surface area contributed by atoms with Crippen molar-refractivity contribution < 1.29 is 22.3 Å². The van der Waals surface area contributed by atoms with E-state index in [0.717, 1.165) is 22.0 Å². The van der Waals surface area contributed by atoms with Gasteiger partial charge in [0.1, 0.15) is 22.6 Å². The lowest BCUT2D eigenvalue weighted by atomic mass is 10.1. The van der Waals surface area contributed by atoms with E-state index in [4.69, 9.17) is 9.47 Å². The lowest BCUT2D eigenvalue weighted by Crippen LogP contribution is -2.41. The molecule has 1 aromatic heterocycles. The predicted octanol–water partition coefficient (Wildman–Crippen LogP) is 3.68. The Labute approximate surface area is 166 Å². The minimum absolute atomic E-state index is 0.130. The highest BCUT2D eigenvalue weighted by atomic mass is 32.2. The summed E-state index contributed by atoms with van der Waals surface area (Å²) in [7, 11) is -2.24. The second-order valence-electron chi connectivity index (χ2n) is 6.47. The van der Waals surface area contributed by atoms with E-state index in [1.54, 1.807) is 7.11 Å². The Kier molecular flexibility index (Phi) is 5.22. The predicted molar refractivity (Wildman–Crippen MR) is 105 cm³/mol. The number of aromatic nitrogens is 1. The number of fused-ring (bicyclic) bond motifs is 1. The van der Waals surface area contributed by atoms with Crippen LogP contribution in [0, 0.1) is 5.82 Å². The van der Waals surface area contributed by atoms with Crippen LogP contribution in [0.2, 0.25) is 0 Å². The van der Waals surface area contributed by atoms with Gasteiger partial charge in [-0.3, -0.25) is 0 Å². The van der Waals surface area contributed by atoms with Crippen molar-refractivity contribution in [3.63, 3.8) is 0 Å². The first-order valence-electron chi connectivity index (χ1n) is 8.83. The summed E-state index contributed by atoms with van der Waals surface area (Å²) in [6.07, 6.45) is 0.911. The molecule has 4 rings (SSSR count). The van der Waals surface area contributed by atoms with Crippen LogP contribution in [0.25, 0.3) is 10.2 Å². The van der Waals surface area contributed by atoms with Crippen molar-refractivity contribution >= 4 is 31.6 Å². The number of piperidine rings is 1. The van der Waals surface area contributed by atoms with E-state index < -0.39 is 15.8 Å².